The topological polar surface area (TPSA) is 58.6 Å². The molecular weight excluding hydrogens is 434 g/mol. The molecule has 2 aromatic rings. The van der Waals surface area contributed by atoms with Crippen molar-refractivity contribution in [3.63, 3.8) is 0 Å². The van der Waals surface area contributed by atoms with Crippen LogP contribution in [0.1, 0.15) is 5.56 Å². The maximum atomic E-state index is 12.9. The minimum atomic E-state index is -0.710. The van der Waals surface area contributed by atoms with Crippen LogP contribution in [0.3, 0.4) is 0 Å². The molecule has 2 amide bonds. The van der Waals surface area contributed by atoms with Crippen molar-refractivity contribution in [1.29, 1.82) is 0 Å². The largest absolute Gasteiger partial charge is 0.495 e. The van der Waals surface area contributed by atoms with Gasteiger partial charge in [-0.15, -0.1) is 0 Å². The summed E-state index contributed by atoms with van der Waals surface area (Å²) in [5.74, 6) is -0.983. The van der Waals surface area contributed by atoms with E-state index >= 15 is 0 Å². The maximum Gasteiger partial charge on any atom is 0.283 e. The first-order chi connectivity index (χ1) is 12.7. The van der Waals surface area contributed by atoms with Gasteiger partial charge in [-0.2, -0.15) is 0 Å². The fraction of sp³-hybridized carbons (Fsp3) is 0.111. The Labute approximate surface area is 175 Å². The fourth-order valence-corrected chi connectivity index (χ4v) is 3.29. The predicted octanol–water partition coefficient (Wildman–Crippen LogP) is 5.40. The summed E-state index contributed by atoms with van der Waals surface area (Å²) in [6.07, 6.45) is 0. The zero-order valence-electron chi connectivity index (χ0n) is 14.1. The smallest absolute Gasteiger partial charge is 0.283 e. The summed E-state index contributed by atoms with van der Waals surface area (Å²) >= 11 is 24.3. The highest BCUT2D eigenvalue weighted by Crippen LogP contribution is 2.38. The van der Waals surface area contributed by atoms with E-state index < -0.39 is 11.8 Å². The number of amides is 2. The standard InChI is InChI=1S/C18H12Cl4N2O3/c1-8-5-12(14(27-2)7-11(8)21)23-16-15(22)17(25)24(18(16)26)13-6-9(19)3-4-10(13)20/h3-7,23H,1-2H3. The Morgan fingerprint density at radius 2 is 1.67 bits per heavy atom. The molecule has 1 aliphatic rings. The number of carbonyl (C=O) groups excluding carboxylic acids is 2. The van der Waals surface area contributed by atoms with Crippen molar-refractivity contribution in [2.75, 3.05) is 17.3 Å². The second-order valence-electron chi connectivity index (χ2n) is 5.66. The van der Waals surface area contributed by atoms with Crippen molar-refractivity contribution in [2.24, 2.45) is 0 Å². The van der Waals surface area contributed by atoms with Gasteiger partial charge in [-0.3, -0.25) is 9.59 Å². The molecule has 0 unspecified atom stereocenters. The number of anilines is 2. The summed E-state index contributed by atoms with van der Waals surface area (Å²) in [6.45, 7) is 1.79. The van der Waals surface area contributed by atoms with E-state index in [4.69, 9.17) is 51.1 Å². The van der Waals surface area contributed by atoms with Gasteiger partial charge in [0, 0.05) is 16.1 Å². The lowest BCUT2D eigenvalue weighted by Gasteiger charge is -2.17. The van der Waals surface area contributed by atoms with Crippen LogP contribution < -0.4 is 15.0 Å². The second kappa shape index (κ2) is 7.60. The highest BCUT2D eigenvalue weighted by atomic mass is 35.5. The number of hydrogen-bond donors (Lipinski definition) is 1. The molecule has 1 aliphatic heterocycles. The van der Waals surface area contributed by atoms with Gasteiger partial charge in [0.2, 0.25) is 0 Å². The number of benzene rings is 2. The monoisotopic (exact) mass is 444 g/mol. The number of carbonyl (C=O) groups is 2. The molecule has 0 fully saturated rings. The Kier molecular flexibility index (Phi) is 5.58. The number of rotatable bonds is 4. The maximum absolute atomic E-state index is 12.9. The van der Waals surface area contributed by atoms with Gasteiger partial charge >= 0.3 is 0 Å². The number of methoxy groups -OCH3 is 1. The second-order valence-corrected chi connectivity index (χ2v) is 7.29. The van der Waals surface area contributed by atoms with E-state index in [0.717, 1.165) is 10.5 Å². The van der Waals surface area contributed by atoms with Crippen LogP contribution in [0.5, 0.6) is 5.75 Å². The number of halogens is 4. The van der Waals surface area contributed by atoms with Crippen molar-refractivity contribution in [2.45, 2.75) is 6.92 Å². The molecule has 27 heavy (non-hydrogen) atoms. The van der Waals surface area contributed by atoms with Crippen molar-refractivity contribution in [1.82, 2.24) is 0 Å². The van der Waals surface area contributed by atoms with Crippen LogP contribution in [0.4, 0.5) is 11.4 Å². The molecule has 1 N–H and O–H groups in total. The third-order valence-corrected chi connectivity index (χ3v) is 5.23. The molecule has 5 nitrogen and oxygen atoms in total. The normalized spacial score (nSPS) is 14.2. The summed E-state index contributed by atoms with van der Waals surface area (Å²) in [7, 11) is 1.46. The van der Waals surface area contributed by atoms with E-state index in [9.17, 15) is 9.59 Å². The van der Waals surface area contributed by atoms with Crippen molar-refractivity contribution in [3.8, 4) is 5.75 Å². The molecule has 9 heteroatoms. The molecule has 0 saturated carbocycles. The van der Waals surface area contributed by atoms with Gasteiger partial charge in [0.1, 0.15) is 16.5 Å². The number of ether oxygens (including phenoxy) is 1. The van der Waals surface area contributed by atoms with E-state index in [-0.39, 0.29) is 21.4 Å². The van der Waals surface area contributed by atoms with E-state index in [2.05, 4.69) is 5.32 Å². The molecule has 0 saturated heterocycles. The van der Waals surface area contributed by atoms with E-state index in [0.29, 0.717) is 21.5 Å². The zero-order chi connectivity index (χ0) is 19.9. The van der Waals surface area contributed by atoms with Crippen molar-refractivity contribution >= 4 is 69.6 Å². The van der Waals surface area contributed by atoms with Crippen LogP contribution in [0.25, 0.3) is 0 Å². The summed E-state index contributed by atoms with van der Waals surface area (Å²) in [6, 6.07) is 7.74. The van der Waals surface area contributed by atoms with Gasteiger partial charge in [0.05, 0.1) is 23.5 Å². The van der Waals surface area contributed by atoms with Crippen LogP contribution >= 0.6 is 46.4 Å². The van der Waals surface area contributed by atoms with Crippen LogP contribution in [-0.4, -0.2) is 18.9 Å². The van der Waals surface area contributed by atoms with E-state index in [1.54, 1.807) is 25.1 Å². The molecule has 0 radical (unpaired) electrons. The highest BCUT2D eigenvalue weighted by molar-refractivity contribution is 6.54. The minimum Gasteiger partial charge on any atom is -0.495 e. The molecule has 140 valence electrons. The number of aryl methyl sites for hydroxylation is 1. The van der Waals surface area contributed by atoms with E-state index in [1.807, 2.05) is 0 Å². The summed E-state index contributed by atoms with van der Waals surface area (Å²) < 4.78 is 5.27. The first-order valence-electron chi connectivity index (χ1n) is 7.59. The molecule has 0 aromatic heterocycles. The van der Waals surface area contributed by atoms with Gasteiger partial charge in [-0.05, 0) is 36.8 Å². The summed E-state index contributed by atoms with van der Waals surface area (Å²) in [5, 5.41) is 3.60. The number of nitrogens with one attached hydrogen (secondary N) is 1. The number of imide groups is 1. The molecule has 0 atom stereocenters. The third-order valence-electron chi connectivity index (χ3n) is 3.92. The molecule has 1 heterocycles. The molecular formula is C18H12Cl4N2O3. The first-order valence-corrected chi connectivity index (χ1v) is 9.10. The average molecular weight is 446 g/mol. The SMILES string of the molecule is COc1cc(Cl)c(C)cc1NC1=C(Cl)C(=O)N(c2cc(Cl)ccc2Cl)C1=O. The predicted molar refractivity (Wildman–Crippen MR) is 108 cm³/mol. The quantitative estimate of drug-likeness (QED) is 0.640. The third kappa shape index (κ3) is 3.60. The van der Waals surface area contributed by atoms with Crippen molar-refractivity contribution in [3.05, 3.63) is 61.7 Å². The van der Waals surface area contributed by atoms with Crippen LogP contribution in [0.2, 0.25) is 15.1 Å². The van der Waals surface area contributed by atoms with Crippen LogP contribution in [0.15, 0.2) is 41.1 Å². The lowest BCUT2D eigenvalue weighted by Crippen LogP contribution is -2.32. The zero-order valence-corrected chi connectivity index (χ0v) is 17.1. The Morgan fingerprint density at radius 1 is 0.963 bits per heavy atom. The van der Waals surface area contributed by atoms with Gasteiger partial charge in [-0.25, -0.2) is 4.90 Å². The van der Waals surface area contributed by atoms with Gasteiger partial charge in [0.15, 0.2) is 0 Å². The Balaban J connectivity index is 2.01. The summed E-state index contributed by atoms with van der Waals surface area (Å²) in [5.41, 5.74) is 1.24. The lowest BCUT2D eigenvalue weighted by atomic mass is 10.2. The number of nitrogens with zero attached hydrogens (tertiary/aromatic N) is 1. The van der Waals surface area contributed by atoms with Crippen molar-refractivity contribution < 1.29 is 14.3 Å². The lowest BCUT2D eigenvalue weighted by molar-refractivity contribution is -0.120. The Hall–Kier alpha value is -1.92. The van der Waals surface area contributed by atoms with Crippen LogP contribution in [-0.2, 0) is 9.59 Å². The average Bonchev–Trinajstić information content (AvgIpc) is 2.83. The molecule has 2 aromatic carbocycles. The minimum absolute atomic E-state index is 0.0993. The molecule has 0 aliphatic carbocycles. The van der Waals surface area contributed by atoms with E-state index in [1.165, 1.54) is 19.2 Å². The molecule has 0 bridgehead atoms. The van der Waals surface area contributed by atoms with Crippen LogP contribution in [0, 0.1) is 6.92 Å². The molecule has 3 rings (SSSR count). The Bertz CT molecular complexity index is 1000. The summed E-state index contributed by atoms with van der Waals surface area (Å²) in [4.78, 5) is 26.3. The highest BCUT2D eigenvalue weighted by Gasteiger charge is 2.40. The fourth-order valence-electron chi connectivity index (χ4n) is 2.55. The van der Waals surface area contributed by atoms with Gasteiger partial charge < -0.3 is 10.1 Å². The van der Waals surface area contributed by atoms with Gasteiger partial charge in [-0.1, -0.05) is 46.4 Å². The number of hydrogen-bond acceptors (Lipinski definition) is 4. The first kappa shape index (κ1) is 19.8. The van der Waals surface area contributed by atoms with Gasteiger partial charge in [0.25, 0.3) is 11.8 Å². The molecule has 0 spiro atoms. The Morgan fingerprint density at radius 3 is 2.33 bits per heavy atom.